The van der Waals surface area contributed by atoms with Crippen LogP contribution in [0.4, 0.5) is 4.39 Å². The molecule has 3 atom stereocenters. The molecule has 2 rings (SSSR count). The first-order valence-electron chi connectivity index (χ1n) is 5.64. The SMILES string of the molecule is COC[C@](C)(F)CN1C2CCC1COC2. The van der Waals surface area contributed by atoms with Gasteiger partial charge in [0.1, 0.15) is 5.67 Å². The fourth-order valence-corrected chi connectivity index (χ4v) is 2.70. The predicted molar refractivity (Wildman–Crippen MR) is 55.7 cm³/mol. The van der Waals surface area contributed by atoms with Gasteiger partial charge in [0.15, 0.2) is 0 Å². The number of fused-ring (bicyclic) bond motifs is 2. The van der Waals surface area contributed by atoms with E-state index in [1.165, 1.54) is 0 Å². The maximum absolute atomic E-state index is 14.0. The highest BCUT2D eigenvalue weighted by atomic mass is 19.1. The summed E-state index contributed by atoms with van der Waals surface area (Å²) in [6.07, 6.45) is 2.29. The van der Waals surface area contributed by atoms with Gasteiger partial charge in [-0.15, -0.1) is 0 Å². The number of nitrogens with zero attached hydrogens (tertiary/aromatic N) is 1. The molecule has 3 nitrogen and oxygen atoms in total. The third-order valence-corrected chi connectivity index (χ3v) is 3.35. The Labute approximate surface area is 90.5 Å². The van der Waals surface area contributed by atoms with Crippen molar-refractivity contribution >= 4 is 0 Å². The smallest absolute Gasteiger partial charge is 0.144 e. The van der Waals surface area contributed by atoms with E-state index in [1.807, 2.05) is 0 Å². The molecular formula is C11H20FNO2. The molecule has 0 amide bonds. The molecule has 0 aromatic rings. The summed E-state index contributed by atoms with van der Waals surface area (Å²) in [6, 6.07) is 0.853. The zero-order valence-corrected chi connectivity index (χ0v) is 9.54. The summed E-state index contributed by atoms with van der Waals surface area (Å²) in [4.78, 5) is 2.27. The first kappa shape index (κ1) is 11.3. The summed E-state index contributed by atoms with van der Waals surface area (Å²) >= 11 is 0. The third kappa shape index (κ3) is 2.49. The highest BCUT2D eigenvalue weighted by molar-refractivity contribution is 4.94. The number of rotatable bonds is 4. The average molecular weight is 217 g/mol. The van der Waals surface area contributed by atoms with E-state index in [4.69, 9.17) is 9.47 Å². The third-order valence-electron chi connectivity index (χ3n) is 3.35. The number of hydrogen-bond donors (Lipinski definition) is 0. The number of halogens is 1. The van der Waals surface area contributed by atoms with Crippen LogP contribution < -0.4 is 0 Å². The zero-order chi connectivity index (χ0) is 10.9. The molecule has 0 aromatic heterocycles. The first-order chi connectivity index (χ1) is 7.12. The monoisotopic (exact) mass is 217 g/mol. The van der Waals surface area contributed by atoms with Gasteiger partial charge in [0.2, 0.25) is 0 Å². The Balaban J connectivity index is 1.94. The van der Waals surface area contributed by atoms with Gasteiger partial charge in [-0.3, -0.25) is 4.90 Å². The second kappa shape index (κ2) is 4.36. The van der Waals surface area contributed by atoms with Crippen molar-refractivity contribution in [2.24, 2.45) is 0 Å². The van der Waals surface area contributed by atoms with Gasteiger partial charge in [0, 0.05) is 25.7 Å². The lowest BCUT2D eigenvalue weighted by molar-refractivity contribution is -0.0518. The minimum absolute atomic E-state index is 0.170. The van der Waals surface area contributed by atoms with E-state index in [-0.39, 0.29) is 6.61 Å². The van der Waals surface area contributed by atoms with Crippen LogP contribution in [0.5, 0.6) is 0 Å². The molecule has 0 aromatic carbocycles. The summed E-state index contributed by atoms with van der Waals surface area (Å²) in [5, 5.41) is 0. The zero-order valence-electron chi connectivity index (χ0n) is 9.54. The Morgan fingerprint density at radius 1 is 1.40 bits per heavy atom. The molecule has 2 saturated heterocycles. The summed E-state index contributed by atoms with van der Waals surface area (Å²) in [7, 11) is 1.55. The van der Waals surface area contributed by atoms with Gasteiger partial charge in [-0.2, -0.15) is 0 Å². The maximum Gasteiger partial charge on any atom is 0.144 e. The molecule has 0 aliphatic carbocycles. The molecule has 88 valence electrons. The van der Waals surface area contributed by atoms with E-state index in [0.29, 0.717) is 18.6 Å². The van der Waals surface area contributed by atoms with E-state index in [2.05, 4.69) is 4.90 Å². The van der Waals surface area contributed by atoms with E-state index < -0.39 is 5.67 Å². The Hall–Kier alpha value is -0.190. The fraction of sp³-hybridized carbons (Fsp3) is 1.00. The largest absolute Gasteiger partial charge is 0.381 e. The lowest BCUT2D eigenvalue weighted by Gasteiger charge is -2.38. The molecule has 2 heterocycles. The molecule has 2 aliphatic rings. The first-order valence-corrected chi connectivity index (χ1v) is 5.64. The van der Waals surface area contributed by atoms with Crippen molar-refractivity contribution in [2.75, 3.05) is 33.5 Å². The van der Waals surface area contributed by atoms with Crippen molar-refractivity contribution in [3.05, 3.63) is 0 Å². The molecule has 2 fully saturated rings. The van der Waals surface area contributed by atoms with Crippen LogP contribution in [0.25, 0.3) is 0 Å². The van der Waals surface area contributed by atoms with E-state index in [1.54, 1.807) is 14.0 Å². The van der Waals surface area contributed by atoms with Crippen LogP contribution in [0.1, 0.15) is 19.8 Å². The van der Waals surface area contributed by atoms with E-state index in [0.717, 1.165) is 26.1 Å². The van der Waals surface area contributed by atoms with Gasteiger partial charge in [-0.25, -0.2) is 4.39 Å². The highest BCUT2D eigenvalue weighted by Gasteiger charge is 2.41. The minimum atomic E-state index is -1.24. The molecule has 0 spiro atoms. The number of ether oxygens (including phenoxy) is 2. The molecule has 0 saturated carbocycles. The summed E-state index contributed by atoms with van der Waals surface area (Å²) in [5.74, 6) is 0. The van der Waals surface area contributed by atoms with Crippen molar-refractivity contribution in [3.63, 3.8) is 0 Å². The van der Waals surface area contributed by atoms with Crippen molar-refractivity contribution in [1.82, 2.24) is 4.90 Å². The molecule has 2 bridgehead atoms. The normalized spacial score (nSPS) is 35.4. The topological polar surface area (TPSA) is 21.7 Å². The number of alkyl halides is 1. The van der Waals surface area contributed by atoms with E-state index >= 15 is 0 Å². The maximum atomic E-state index is 14.0. The fourth-order valence-electron chi connectivity index (χ4n) is 2.70. The van der Waals surface area contributed by atoms with Crippen LogP contribution in [-0.2, 0) is 9.47 Å². The molecule has 0 N–H and O–H groups in total. The second-order valence-electron chi connectivity index (χ2n) is 4.94. The molecule has 2 unspecified atom stereocenters. The van der Waals surface area contributed by atoms with Crippen LogP contribution >= 0.6 is 0 Å². The lowest BCUT2D eigenvalue weighted by Crippen LogP contribution is -2.52. The standard InChI is InChI=1S/C11H20FNO2/c1-11(12,8-14-2)7-13-9-3-4-10(13)6-15-5-9/h9-10H,3-8H2,1-2H3/t9?,10?,11-/m1/s1. The quantitative estimate of drug-likeness (QED) is 0.707. The van der Waals surface area contributed by atoms with Gasteiger partial charge in [0.05, 0.1) is 19.8 Å². The van der Waals surface area contributed by atoms with Crippen molar-refractivity contribution in [3.8, 4) is 0 Å². The van der Waals surface area contributed by atoms with Crippen LogP contribution in [0, 0.1) is 0 Å². The van der Waals surface area contributed by atoms with Crippen molar-refractivity contribution in [1.29, 1.82) is 0 Å². The molecular weight excluding hydrogens is 197 g/mol. The van der Waals surface area contributed by atoms with Gasteiger partial charge in [-0.05, 0) is 19.8 Å². The average Bonchev–Trinajstić information content (AvgIpc) is 2.41. The van der Waals surface area contributed by atoms with Gasteiger partial charge < -0.3 is 9.47 Å². The van der Waals surface area contributed by atoms with Gasteiger partial charge in [-0.1, -0.05) is 0 Å². The summed E-state index contributed by atoms with van der Waals surface area (Å²) in [5.41, 5.74) is -1.24. The van der Waals surface area contributed by atoms with Gasteiger partial charge >= 0.3 is 0 Å². The highest BCUT2D eigenvalue weighted by Crippen LogP contribution is 2.30. The molecule has 15 heavy (non-hydrogen) atoms. The van der Waals surface area contributed by atoms with Crippen LogP contribution in [0.3, 0.4) is 0 Å². The summed E-state index contributed by atoms with van der Waals surface area (Å²) < 4.78 is 24.4. The van der Waals surface area contributed by atoms with Crippen molar-refractivity contribution < 1.29 is 13.9 Å². The minimum Gasteiger partial charge on any atom is -0.381 e. The Bertz CT molecular complexity index is 207. The van der Waals surface area contributed by atoms with Crippen LogP contribution in [-0.4, -0.2) is 56.1 Å². The van der Waals surface area contributed by atoms with E-state index in [9.17, 15) is 4.39 Å². The molecule has 0 radical (unpaired) electrons. The molecule has 4 heteroatoms. The van der Waals surface area contributed by atoms with Gasteiger partial charge in [0.25, 0.3) is 0 Å². The molecule has 2 aliphatic heterocycles. The number of hydrogen-bond acceptors (Lipinski definition) is 3. The van der Waals surface area contributed by atoms with Crippen molar-refractivity contribution in [2.45, 2.75) is 37.5 Å². The number of morpholine rings is 1. The Morgan fingerprint density at radius 3 is 2.53 bits per heavy atom. The lowest BCUT2D eigenvalue weighted by atomic mass is 10.1. The Morgan fingerprint density at radius 2 is 2.00 bits per heavy atom. The number of methoxy groups -OCH3 is 1. The predicted octanol–water partition coefficient (Wildman–Crippen LogP) is 1.22. The Kier molecular flexibility index (Phi) is 3.28. The summed E-state index contributed by atoms with van der Waals surface area (Å²) in [6.45, 7) is 3.79. The second-order valence-corrected chi connectivity index (χ2v) is 4.94. The van der Waals surface area contributed by atoms with Crippen LogP contribution in [0.2, 0.25) is 0 Å². The van der Waals surface area contributed by atoms with Crippen LogP contribution in [0.15, 0.2) is 0 Å².